The summed E-state index contributed by atoms with van der Waals surface area (Å²) in [5, 5.41) is 7.61. The number of para-hydroxylation sites is 2. The van der Waals surface area contributed by atoms with Gasteiger partial charge in [-0.1, -0.05) is 12.1 Å². The van der Waals surface area contributed by atoms with Gasteiger partial charge in [0.05, 0.1) is 11.0 Å². The maximum Gasteiger partial charge on any atom is 0.452 e. The monoisotopic (exact) mass is 324 g/mol. The molecule has 1 aromatic carbocycles. The second-order valence-electron chi connectivity index (χ2n) is 5.34. The lowest BCUT2D eigenvalue weighted by atomic mass is 10.3. The molecule has 0 spiro atoms. The fraction of sp³-hybridized carbons (Fsp3) is 0.357. The van der Waals surface area contributed by atoms with E-state index in [9.17, 15) is 13.2 Å². The van der Waals surface area contributed by atoms with Gasteiger partial charge in [0.25, 0.3) is 0 Å². The lowest BCUT2D eigenvalue weighted by Gasteiger charge is -2.09. The summed E-state index contributed by atoms with van der Waals surface area (Å²) in [6.45, 7) is 0. The number of hydrogen-bond donors (Lipinski definition) is 0. The first-order chi connectivity index (χ1) is 10.5. The van der Waals surface area contributed by atoms with Crippen LogP contribution in [0.2, 0.25) is 0 Å². The molecule has 114 valence electrons. The van der Waals surface area contributed by atoms with E-state index >= 15 is 0 Å². The first kappa shape index (κ1) is 13.8. The smallest absolute Gasteiger partial charge is 0.267 e. The molecule has 3 aromatic rings. The van der Waals surface area contributed by atoms with Gasteiger partial charge in [-0.25, -0.2) is 4.98 Å². The highest BCUT2D eigenvalue weighted by Crippen LogP contribution is 2.37. The molecule has 0 radical (unpaired) electrons. The number of benzene rings is 1. The Labute approximate surface area is 127 Å². The Morgan fingerprint density at radius 1 is 1.18 bits per heavy atom. The van der Waals surface area contributed by atoms with E-state index in [0.717, 1.165) is 10.2 Å². The number of rotatable bonds is 3. The summed E-state index contributed by atoms with van der Waals surface area (Å²) in [6.07, 6.45) is -2.20. The van der Waals surface area contributed by atoms with Crippen molar-refractivity contribution >= 4 is 28.4 Å². The Bertz CT molecular complexity index is 854. The van der Waals surface area contributed by atoms with Crippen molar-refractivity contribution in [3.63, 3.8) is 0 Å². The van der Waals surface area contributed by atoms with E-state index < -0.39 is 12.0 Å². The van der Waals surface area contributed by atoms with Gasteiger partial charge in [0, 0.05) is 5.75 Å². The van der Waals surface area contributed by atoms with E-state index in [-0.39, 0.29) is 5.65 Å². The van der Waals surface area contributed by atoms with Gasteiger partial charge in [0.15, 0.2) is 5.65 Å². The maximum atomic E-state index is 13.2. The highest BCUT2D eigenvalue weighted by molar-refractivity contribution is 7.99. The van der Waals surface area contributed by atoms with Gasteiger partial charge in [0.2, 0.25) is 5.82 Å². The summed E-state index contributed by atoms with van der Waals surface area (Å²) < 4.78 is 40.6. The third-order valence-corrected chi connectivity index (χ3v) is 4.79. The van der Waals surface area contributed by atoms with Gasteiger partial charge in [-0.3, -0.25) is 4.40 Å². The second-order valence-corrected chi connectivity index (χ2v) is 6.35. The van der Waals surface area contributed by atoms with E-state index in [4.69, 9.17) is 0 Å². The molecule has 8 heteroatoms. The zero-order chi connectivity index (χ0) is 15.3. The van der Waals surface area contributed by atoms with Crippen molar-refractivity contribution in [2.75, 3.05) is 5.75 Å². The van der Waals surface area contributed by atoms with Crippen molar-refractivity contribution in [3.8, 4) is 0 Å². The maximum absolute atomic E-state index is 13.2. The van der Waals surface area contributed by atoms with E-state index in [0.29, 0.717) is 22.0 Å². The second kappa shape index (κ2) is 4.84. The number of nitrogens with zero attached hydrogens (tertiary/aromatic N) is 4. The van der Waals surface area contributed by atoms with Crippen LogP contribution in [0.3, 0.4) is 0 Å². The standard InChI is InChI=1S/C14H11F3N4S/c15-14(16,17)13-20-19-11-12(22-7-8-5-6-8)18-9-3-1-2-4-10(9)21(11)13/h1-4,8H,5-7H2. The summed E-state index contributed by atoms with van der Waals surface area (Å²) >= 11 is 1.46. The molecule has 0 atom stereocenters. The summed E-state index contributed by atoms with van der Waals surface area (Å²) in [6, 6.07) is 6.74. The average molecular weight is 324 g/mol. The van der Waals surface area contributed by atoms with Crippen LogP contribution in [0.25, 0.3) is 16.7 Å². The zero-order valence-electron chi connectivity index (χ0n) is 11.3. The molecule has 4 nitrogen and oxygen atoms in total. The van der Waals surface area contributed by atoms with Crippen LogP contribution in [0.15, 0.2) is 29.3 Å². The molecular formula is C14H11F3N4S. The van der Waals surface area contributed by atoms with Crippen LogP contribution >= 0.6 is 11.8 Å². The molecule has 0 saturated heterocycles. The van der Waals surface area contributed by atoms with Gasteiger partial charge >= 0.3 is 6.18 Å². The summed E-state index contributed by atoms with van der Waals surface area (Å²) in [7, 11) is 0. The molecule has 1 saturated carbocycles. The van der Waals surface area contributed by atoms with Crippen LogP contribution in [-0.2, 0) is 6.18 Å². The van der Waals surface area contributed by atoms with Crippen molar-refractivity contribution in [1.82, 2.24) is 19.6 Å². The minimum atomic E-state index is -4.55. The van der Waals surface area contributed by atoms with Gasteiger partial charge in [-0.2, -0.15) is 13.2 Å². The van der Waals surface area contributed by atoms with Crippen LogP contribution in [0.5, 0.6) is 0 Å². The zero-order valence-corrected chi connectivity index (χ0v) is 12.2. The highest BCUT2D eigenvalue weighted by Gasteiger charge is 2.38. The van der Waals surface area contributed by atoms with Gasteiger partial charge < -0.3 is 0 Å². The predicted molar refractivity (Wildman–Crippen MR) is 76.7 cm³/mol. The Hall–Kier alpha value is -1.83. The molecule has 1 aliphatic carbocycles. The number of halogens is 3. The molecule has 1 aliphatic rings. The number of alkyl halides is 3. The molecular weight excluding hydrogens is 313 g/mol. The molecule has 22 heavy (non-hydrogen) atoms. The largest absolute Gasteiger partial charge is 0.452 e. The quantitative estimate of drug-likeness (QED) is 0.687. The van der Waals surface area contributed by atoms with Crippen LogP contribution in [0, 0.1) is 5.92 Å². The number of aromatic nitrogens is 4. The number of fused-ring (bicyclic) bond motifs is 3. The fourth-order valence-corrected chi connectivity index (χ4v) is 3.47. The number of thioether (sulfide) groups is 1. The number of hydrogen-bond acceptors (Lipinski definition) is 4. The summed E-state index contributed by atoms with van der Waals surface area (Å²) in [4.78, 5) is 4.47. The highest BCUT2D eigenvalue weighted by atomic mass is 32.2. The van der Waals surface area contributed by atoms with Gasteiger partial charge in [-0.05, 0) is 30.9 Å². The minimum absolute atomic E-state index is 0.177. The SMILES string of the molecule is FC(F)(F)c1nnc2c(SCC3CC3)nc3ccccc3n12. The molecule has 2 aromatic heterocycles. The first-order valence-corrected chi connectivity index (χ1v) is 7.86. The Morgan fingerprint density at radius 3 is 2.68 bits per heavy atom. The normalized spacial score (nSPS) is 15.8. The molecule has 1 fully saturated rings. The molecule has 2 heterocycles. The third-order valence-electron chi connectivity index (χ3n) is 3.61. The Kier molecular flexibility index (Phi) is 3.04. The van der Waals surface area contributed by atoms with Crippen LogP contribution in [0.1, 0.15) is 18.7 Å². The Balaban J connectivity index is 1.96. The average Bonchev–Trinajstić information content (AvgIpc) is 3.18. The molecule has 0 bridgehead atoms. The van der Waals surface area contributed by atoms with Gasteiger partial charge in [0.1, 0.15) is 5.03 Å². The van der Waals surface area contributed by atoms with Crippen molar-refractivity contribution in [2.45, 2.75) is 24.0 Å². The van der Waals surface area contributed by atoms with Crippen molar-refractivity contribution < 1.29 is 13.2 Å². The van der Waals surface area contributed by atoms with Crippen LogP contribution in [0.4, 0.5) is 13.2 Å². The molecule has 0 amide bonds. The summed E-state index contributed by atoms with van der Waals surface area (Å²) in [5.74, 6) is 0.493. The minimum Gasteiger partial charge on any atom is -0.267 e. The van der Waals surface area contributed by atoms with E-state index in [1.54, 1.807) is 24.3 Å². The first-order valence-electron chi connectivity index (χ1n) is 6.88. The lowest BCUT2D eigenvalue weighted by Crippen LogP contribution is -2.11. The topological polar surface area (TPSA) is 43.1 Å². The molecule has 0 unspecified atom stereocenters. The van der Waals surface area contributed by atoms with Crippen molar-refractivity contribution in [2.24, 2.45) is 5.92 Å². The summed E-state index contributed by atoms with van der Waals surface area (Å²) in [5.41, 5.74) is 1.06. The van der Waals surface area contributed by atoms with E-state index in [1.807, 2.05) is 0 Å². The van der Waals surface area contributed by atoms with E-state index in [2.05, 4.69) is 15.2 Å². The molecule has 0 aliphatic heterocycles. The third kappa shape index (κ3) is 2.31. The van der Waals surface area contributed by atoms with Gasteiger partial charge in [-0.15, -0.1) is 22.0 Å². The van der Waals surface area contributed by atoms with Crippen molar-refractivity contribution in [3.05, 3.63) is 30.1 Å². The molecule has 4 rings (SSSR count). The lowest BCUT2D eigenvalue weighted by molar-refractivity contribution is -0.145. The predicted octanol–water partition coefficient (Wildman–Crippen LogP) is 3.80. The molecule has 0 N–H and O–H groups in total. The van der Waals surface area contributed by atoms with E-state index in [1.165, 1.54) is 24.6 Å². The Morgan fingerprint density at radius 2 is 1.95 bits per heavy atom. The van der Waals surface area contributed by atoms with Crippen LogP contribution < -0.4 is 0 Å². The fourth-order valence-electron chi connectivity index (χ4n) is 2.32. The van der Waals surface area contributed by atoms with Crippen molar-refractivity contribution in [1.29, 1.82) is 0 Å². The van der Waals surface area contributed by atoms with Crippen LogP contribution in [-0.4, -0.2) is 25.3 Å².